The van der Waals surface area contributed by atoms with E-state index in [1.54, 1.807) is 0 Å². The van der Waals surface area contributed by atoms with Gasteiger partial charge in [-0.05, 0) is 31.7 Å². The number of rotatable bonds is 5. The van der Waals surface area contributed by atoms with E-state index in [4.69, 9.17) is 5.11 Å². The molecular formula is C12H19BrN2O. The molecule has 1 aromatic carbocycles. The molecule has 3 nitrogen and oxygen atoms in total. The van der Waals surface area contributed by atoms with Gasteiger partial charge in [0.25, 0.3) is 0 Å². The zero-order valence-corrected chi connectivity index (χ0v) is 11.6. The van der Waals surface area contributed by atoms with Crippen molar-refractivity contribution in [2.75, 3.05) is 32.1 Å². The Hall–Kier alpha value is -0.580. The maximum Gasteiger partial charge on any atom is 0.0606 e. The number of aliphatic hydroxyl groups excluding tert-OH is 1. The van der Waals surface area contributed by atoms with Crippen LogP contribution in [0.2, 0.25) is 0 Å². The minimum Gasteiger partial charge on any atom is -0.395 e. The maximum atomic E-state index is 8.88. The van der Waals surface area contributed by atoms with Crippen LogP contribution in [-0.2, 0) is 0 Å². The van der Waals surface area contributed by atoms with Gasteiger partial charge < -0.3 is 15.3 Å². The molecule has 1 atom stereocenters. The lowest BCUT2D eigenvalue weighted by molar-refractivity contribution is 0.304. The third-order valence-electron chi connectivity index (χ3n) is 2.76. The topological polar surface area (TPSA) is 35.5 Å². The molecule has 0 bridgehead atoms. The largest absolute Gasteiger partial charge is 0.395 e. The first-order valence-electron chi connectivity index (χ1n) is 5.38. The Bertz CT molecular complexity index is 344. The molecule has 0 heterocycles. The van der Waals surface area contributed by atoms with Gasteiger partial charge in [0, 0.05) is 29.8 Å². The van der Waals surface area contributed by atoms with E-state index in [0.29, 0.717) is 12.6 Å². The summed E-state index contributed by atoms with van der Waals surface area (Å²) >= 11 is 3.58. The van der Waals surface area contributed by atoms with Gasteiger partial charge in [-0.15, -0.1) is 0 Å². The highest BCUT2D eigenvalue weighted by Gasteiger charge is 2.09. The second-order valence-electron chi connectivity index (χ2n) is 3.86. The van der Waals surface area contributed by atoms with E-state index in [-0.39, 0.29) is 6.61 Å². The van der Waals surface area contributed by atoms with Crippen molar-refractivity contribution in [3.8, 4) is 0 Å². The van der Waals surface area contributed by atoms with Gasteiger partial charge in [-0.1, -0.05) is 22.0 Å². The molecule has 90 valence electrons. The van der Waals surface area contributed by atoms with Gasteiger partial charge in [0.2, 0.25) is 0 Å². The summed E-state index contributed by atoms with van der Waals surface area (Å²) in [6, 6.07) is 6.59. The number of hydrogen-bond donors (Lipinski definition) is 2. The van der Waals surface area contributed by atoms with E-state index in [1.807, 2.05) is 19.0 Å². The van der Waals surface area contributed by atoms with Crippen molar-refractivity contribution in [2.24, 2.45) is 0 Å². The first-order valence-corrected chi connectivity index (χ1v) is 6.18. The van der Waals surface area contributed by atoms with Crippen LogP contribution in [0.3, 0.4) is 0 Å². The van der Waals surface area contributed by atoms with Crippen LogP contribution >= 0.6 is 15.9 Å². The Labute approximate surface area is 106 Å². The SMILES string of the molecule is CNC(C)c1ccc(N(C)CCO)cc1Br. The number of nitrogens with zero attached hydrogens (tertiary/aromatic N) is 1. The molecule has 0 aliphatic carbocycles. The van der Waals surface area contributed by atoms with E-state index in [1.165, 1.54) is 5.56 Å². The fourth-order valence-electron chi connectivity index (χ4n) is 1.54. The molecule has 0 fully saturated rings. The molecule has 16 heavy (non-hydrogen) atoms. The van der Waals surface area contributed by atoms with E-state index in [9.17, 15) is 0 Å². The average Bonchev–Trinajstić information content (AvgIpc) is 2.28. The minimum absolute atomic E-state index is 0.169. The number of halogens is 1. The highest BCUT2D eigenvalue weighted by atomic mass is 79.9. The Morgan fingerprint density at radius 3 is 2.69 bits per heavy atom. The molecule has 0 aliphatic heterocycles. The van der Waals surface area contributed by atoms with Crippen molar-refractivity contribution < 1.29 is 5.11 Å². The molecule has 0 aliphatic rings. The van der Waals surface area contributed by atoms with Gasteiger partial charge in [-0.25, -0.2) is 0 Å². The number of anilines is 1. The number of likely N-dealkylation sites (N-methyl/N-ethyl adjacent to an activating group) is 1. The van der Waals surface area contributed by atoms with Crippen molar-refractivity contribution in [1.29, 1.82) is 0 Å². The van der Waals surface area contributed by atoms with Gasteiger partial charge in [-0.2, -0.15) is 0 Å². The molecule has 0 aromatic heterocycles. The first kappa shape index (κ1) is 13.5. The van der Waals surface area contributed by atoms with Crippen LogP contribution in [0, 0.1) is 0 Å². The Morgan fingerprint density at radius 1 is 1.50 bits per heavy atom. The number of nitrogens with one attached hydrogen (secondary N) is 1. The van der Waals surface area contributed by atoms with E-state index < -0.39 is 0 Å². The molecule has 0 amide bonds. The minimum atomic E-state index is 0.169. The van der Waals surface area contributed by atoms with E-state index in [2.05, 4.69) is 46.4 Å². The normalized spacial score (nSPS) is 12.6. The third kappa shape index (κ3) is 3.20. The quantitative estimate of drug-likeness (QED) is 0.871. The molecule has 2 N–H and O–H groups in total. The Balaban J connectivity index is 2.90. The zero-order valence-electron chi connectivity index (χ0n) is 10.00. The monoisotopic (exact) mass is 286 g/mol. The van der Waals surface area contributed by atoms with Crippen LogP contribution in [0.15, 0.2) is 22.7 Å². The molecule has 1 rings (SSSR count). The second kappa shape index (κ2) is 6.23. The van der Waals surface area contributed by atoms with Gasteiger partial charge in [-0.3, -0.25) is 0 Å². The van der Waals surface area contributed by atoms with Crippen molar-refractivity contribution in [2.45, 2.75) is 13.0 Å². The Morgan fingerprint density at radius 2 is 2.19 bits per heavy atom. The summed E-state index contributed by atoms with van der Waals surface area (Å²) in [6.07, 6.45) is 0. The lowest BCUT2D eigenvalue weighted by atomic mass is 10.1. The summed E-state index contributed by atoms with van der Waals surface area (Å²) in [5, 5.41) is 12.1. The van der Waals surface area contributed by atoms with Crippen LogP contribution in [0.1, 0.15) is 18.5 Å². The molecule has 0 saturated heterocycles. The fourth-order valence-corrected chi connectivity index (χ4v) is 2.25. The van der Waals surface area contributed by atoms with E-state index in [0.717, 1.165) is 10.2 Å². The summed E-state index contributed by atoms with van der Waals surface area (Å²) in [4.78, 5) is 2.03. The third-order valence-corrected chi connectivity index (χ3v) is 3.45. The lowest BCUT2D eigenvalue weighted by Crippen LogP contribution is -2.21. The first-order chi connectivity index (χ1) is 7.60. The van der Waals surface area contributed by atoms with Crippen LogP contribution in [-0.4, -0.2) is 32.4 Å². The van der Waals surface area contributed by atoms with Crippen molar-refractivity contribution in [3.05, 3.63) is 28.2 Å². The Kier molecular flexibility index (Phi) is 5.25. The highest BCUT2D eigenvalue weighted by Crippen LogP contribution is 2.27. The number of benzene rings is 1. The summed E-state index contributed by atoms with van der Waals surface area (Å²) in [5.74, 6) is 0. The summed E-state index contributed by atoms with van der Waals surface area (Å²) in [6.45, 7) is 2.94. The lowest BCUT2D eigenvalue weighted by Gasteiger charge is -2.20. The molecule has 4 heteroatoms. The zero-order chi connectivity index (χ0) is 12.1. The van der Waals surface area contributed by atoms with Crippen molar-refractivity contribution in [1.82, 2.24) is 5.32 Å². The maximum absolute atomic E-state index is 8.88. The molecule has 1 unspecified atom stereocenters. The molecule has 0 spiro atoms. The van der Waals surface area contributed by atoms with Crippen LogP contribution < -0.4 is 10.2 Å². The molecule has 0 saturated carbocycles. The molecular weight excluding hydrogens is 268 g/mol. The van der Waals surface area contributed by atoms with Crippen LogP contribution in [0.5, 0.6) is 0 Å². The predicted octanol–water partition coefficient (Wildman–Crippen LogP) is 2.16. The molecule has 1 aromatic rings. The van der Waals surface area contributed by atoms with E-state index >= 15 is 0 Å². The van der Waals surface area contributed by atoms with Crippen LogP contribution in [0.25, 0.3) is 0 Å². The average molecular weight is 287 g/mol. The summed E-state index contributed by atoms with van der Waals surface area (Å²) < 4.78 is 1.09. The standard InChI is InChI=1S/C12H19BrN2O/c1-9(14-2)11-5-4-10(8-12(11)13)15(3)6-7-16/h4-5,8-9,14,16H,6-7H2,1-3H3. The van der Waals surface area contributed by atoms with Crippen molar-refractivity contribution >= 4 is 21.6 Å². The van der Waals surface area contributed by atoms with Gasteiger partial charge >= 0.3 is 0 Å². The van der Waals surface area contributed by atoms with Crippen LogP contribution in [0.4, 0.5) is 5.69 Å². The number of aliphatic hydroxyl groups is 1. The predicted molar refractivity (Wildman–Crippen MR) is 72.0 cm³/mol. The summed E-state index contributed by atoms with van der Waals surface area (Å²) in [5.41, 5.74) is 2.34. The highest BCUT2D eigenvalue weighted by molar-refractivity contribution is 9.10. The van der Waals surface area contributed by atoms with Gasteiger partial charge in [0.05, 0.1) is 6.61 Å². The summed E-state index contributed by atoms with van der Waals surface area (Å²) in [7, 11) is 3.92. The number of hydrogen-bond acceptors (Lipinski definition) is 3. The van der Waals surface area contributed by atoms with Crippen molar-refractivity contribution in [3.63, 3.8) is 0 Å². The smallest absolute Gasteiger partial charge is 0.0606 e. The fraction of sp³-hybridized carbons (Fsp3) is 0.500. The van der Waals surface area contributed by atoms with Gasteiger partial charge in [0.15, 0.2) is 0 Å². The van der Waals surface area contributed by atoms with Gasteiger partial charge in [0.1, 0.15) is 0 Å². The second-order valence-corrected chi connectivity index (χ2v) is 4.72. The molecule has 0 radical (unpaired) electrons.